The minimum absolute atomic E-state index is 0.315. The van der Waals surface area contributed by atoms with E-state index in [1.54, 1.807) is 14.0 Å². The van der Waals surface area contributed by atoms with Crippen molar-refractivity contribution >= 4 is 52.8 Å². The summed E-state index contributed by atoms with van der Waals surface area (Å²) in [6.07, 6.45) is 0. The molecule has 0 aliphatic rings. The van der Waals surface area contributed by atoms with E-state index >= 15 is 0 Å². The zero-order valence-corrected chi connectivity index (χ0v) is 19.2. The van der Waals surface area contributed by atoms with Crippen LogP contribution in [0.15, 0.2) is 0 Å². The molecule has 0 radical (unpaired) electrons. The van der Waals surface area contributed by atoms with Gasteiger partial charge in [-0.15, -0.1) is 0 Å². The molecule has 0 aromatic rings. The van der Waals surface area contributed by atoms with Gasteiger partial charge < -0.3 is 0 Å². The minimum atomic E-state index is -6.12. The largest absolute Gasteiger partial charge is 0.388 e. The Morgan fingerprint density at radius 2 is 0.760 bits per heavy atom. The monoisotopic (exact) mass is 633 g/mol. The van der Waals surface area contributed by atoms with Crippen LogP contribution in [-0.2, 0) is 4.57 Å². The van der Waals surface area contributed by atoms with E-state index in [1.807, 2.05) is 42.3 Å². The van der Waals surface area contributed by atoms with Gasteiger partial charge in [-0.25, -0.2) is 14.0 Å². The van der Waals surface area contributed by atoms with E-state index in [1.165, 1.54) is 0 Å². The van der Waals surface area contributed by atoms with Crippen molar-refractivity contribution in [1.29, 1.82) is 0 Å². The van der Waals surface area contributed by atoms with Crippen LogP contribution in [0.25, 0.3) is 0 Å². The smallest absolute Gasteiger partial charge is 0.270 e. The van der Waals surface area contributed by atoms with Crippen molar-refractivity contribution in [2.45, 2.75) is 19.7 Å². The molecule has 0 heterocycles. The first-order valence-corrected chi connectivity index (χ1v) is 9.83. The van der Waals surface area contributed by atoms with Gasteiger partial charge in [0, 0.05) is 45.2 Å². The summed E-state index contributed by atoms with van der Waals surface area (Å²) in [5, 5.41) is 0. The lowest BCUT2D eigenvalue weighted by molar-refractivity contribution is -0.312. The van der Waals surface area contributed by atoms with E-state index in [4.69, 9.17) is 0 Å². The van der Waals surface area contributed by atoms with Crippen molar-refractivity contribution in [3.8, 4) is 0 Å². The van der Waals surface area contributed by atoms with Gasteiger partial charge in [0.15, 0.2) is 0 Å². The van der Waals surface area contributed by atoms with Crippen LogP contribution in [0.3, 0.4) is 0 Å². The van der Waals surface area contributed by atoms with E-state index < -0.39 is 27.3 Å². The standard InChI is InChI=1S/C6H18N3OP.C4F8I2/c1-7(2)11(10,8(3)4)9(5)6;5-1(6,3(9,10)13)2(7,8)4(11,12)14/h1-6H3;. The van der Waals surface area contributed by atoms with E-state index in [0.29, 0.717) is 0 Å². The van der Waals surface area contributed by atoms with Crippen LogP contribution in [0.2, 0.25) is 0 Å². The van der Waals surface area contributed by atoms with Crippen molar-refractivity contribution in [3.05, 3.63) is 0 Å². The second-order valence-corrected chi connectivity index (χ2v) is 11.3. The molecule has 0 bridgehead atoms. The fraction of sp³-hybridized carbons (Fsp3) is 1.00. The first kappa shape index (κ1) is 28.2. The highest BCUT2D eigenvalue weighted by molar-refractivity contribution is 14.1. The minimum Gasteiger partial charge on any atom is -0.270 e. The molecule has 0 aromatic carbocycles. The highest BCUT2D eigenvalue weighted by Gasteiger charge is 2.79. The molecule has 0 saturated heterocycles. The number of nitrogens with zero attached hydrogens (tertiary/aromatic N) is 3. The molecule has 0 saturated carbocycles. The van der Waals surface area contributed by atoms with Crippen molar-refractivity contribution in [2.75, 3.05) is 42.3 Å². The molecule has 0 fully saturated rings. The fourth-order valence-corrected chi connectivity index (χ4v) is 4.25. The Balaban J connectivity index is 0. The lowest BCUT2D eigenvalue weighted by Gasteiger charge is -2.34. The Morgan fingerprint density at radius 3 is 0.800 bits per heavy atom. The van der Waals surface area contributed by atoms with Gasteiger partial charge in [0.05, 0.1) is 0 Å². The summed E-state index contributed by atoms with van der Waals surface area (Å²) in [4.78, 5) is 0. The van der Waals surface area contributed by atoms with Gasteiger partial charge in [-0.3, -0.25) is 4.57 Å². The van der Waals surface area contributed by atoms with E-state index in [-0.39, 0.29) is 45.2 Å². The van der Waals surface area contributed by atoms with E-state index in [2.05, 4.69) is 0 Å². The van der Waals surface area contributed by atoms with E-state index in [0.717, 1.165) is 0 Å². The first-order chi connectivity index (χ1) is 10.6. The lowest BCUT2D eigenvalue weighted by atomic mass is 10.2. The number of rotatable bonds is 6. The van der Waals surface area contributed by atoms with Crippen LogP contribution in [0.5, 0.6) is 0 Å². The van der Waals surface area contributed by atoms with Crippen LogP contribution >= 0.6 is 52.8 Å². The summed E-state index contributed by atoms with van der Waals surface area (Å²) in [5.74, 6) is -12.2. The summed E-state index contributed by atoms with van der Waals surface area (Å²) >= 11 is -0.631. The van der Waals surface area contributed by atoms with Crippen LogP contribution < -0.4 is 0 Å². The third-order valence-electron chi connectivity index (χ3n) is 2.67. The molecule has 154 valence electrons. The number of alkyl halides is 10. The maximum Gasteiger partial charge on any atom is 0.388 e. The number of hydrogen-bond acceptors (Lipinski definition) is 1. The zero-order valence-electron chi connectivity index (χ0n) is 14.0. The molecule has 0 spiro atoms. The maximum absolute atomic E-state index is 12.2. The van der Waals surface area contributed by atoms with Gasteiger partial charge in [-0.1, -0.05) is 0 Å². The Bertz CT molecular complexity index is 427. The molecule has 0 aromatic heterocycles. The SMILES string of the molecule is CN(C)P(=O)(N(C)C)N(C)C.FC(F)(I)C(F)(F)C(F)(F)C(F)(F)I. The molecule has 0 aliphatic carbocycles. The number of halogens is 10. The second-order valence-electron chi connectivity index (χ2n) is 5.20. The summed E-state index contributed by atoms with van der Waals surface area (Å²) in [5.41, 5.74) is 0. The predicted octanol–water partition coefficient (Wildman–Crippen LogP) is 5.09. The lowest BCUT2D eigenvalue weighted by Crippen LogP contribution is -2.58. The molecular formula is C10H18F8I2N3OP. The Morgan fingerprint density at radius 1 is 0.600 bits per heavy atom. The zero-order chi connectivity index (χ0) is 21.2. The van der Waals surface area contributed by atoms with Gasteiger partial charge in [-0.05, 0) is 42.3 Å². The van der Waals surface area contributed by atoms with Gasteiger partial charge in [0.1, 0.15) is 0 Å². The molecule has 0 aliphatic heterocycles. The van der Waals surface area contributed by atoms with Crippen molar-refractivity contribution < 1.29 is 39.7 Å². The predicted molar refractivity (Wildman–Crippen MR) is 96.5 cm³/mol. The summed E-state index contributed by atoms with van der Waals surface area (Å²) in [7, 11) is 8.49. The molecule has 0 rings (SSSR count). The molecule has 15 heteroatoms. The van der Waals surface area contributed by atoms with Crippen molar-refractivity contribution in [3.63, 3.8) is 0 Å². The van der Waals surface area contributed by atoms with Crippen LogP contribution in [0, 0.1) is 0 Å². The Hall–Kier alpha value is 1.01. The van der Waals surface area contributed by atoms with Gasteiger partial charge in [0.25, 0.3) is 7.59 Å². The third-order valence-corrected chi connectivity index (χ3v) is 7.15. The second kappa shape index (κ2) is 9.01. The van der Waals surface area contributed by atoms with Gasteiger partial charge >= 0.3 is 19.7 Å². The highest BCUT2D eigenvalue weighted by Crippen LogP contribution is 2.56. The van der Waals surface area contributed by atoms with Crippen LogP contribution in [0.1, 0.15) is 0 Å². The quantitative estimate of drug-likeness (QED) is 0.177. The van der Waals surface area contributed by atoms with Crippen LogP contribution in [-0.4, -0.2) is 76.0 Å². The molecule has 0 amide bonds. The van der Waals surface area contributed by atoms with Crippen LogP contribution in [0.4, 0.5) is 35.1 Å². The van der Waals surface area contributed by atoms with E-state index in [9.17, 15) is 39.7 Å². The third kappa shape index (κ3) is 6.26. The molecule has 0 unspecified atom stereocenters. The summed E-state index contributed by atoms with van der Waals surface area (Å²) in [6, 6.07) is 0. The van der Waals surface area contributed by atoms with Gasteiger partial charge in [-0.2, -0.15) is 35.1 Å². The van der Waals surface area contributed by atoms with Crippen molar-refractivity contribution in [1.82, 2.24) is 14.0 Å². The first-order valence-electron chi connectivity index (χ1n) is 6.11. The fourth-order valence-electron chi connectivity index (χ4n) is 1.43. The molecule has 0 N–H and O–H groups in total. The summed E-state index contributed by atoms with van der Waals surface area (Å²) < 4.78 is 103. The average molecular weight is 633 g/mol. The summed E-state index contributed by atoms with van der Waals surface area (Å²) in [6.45, 7) is 0. The Labute approximate surface area is 168 Å². The average Bonchev–Trinajstić information content (AvgIpc) is 2.34. The Kier molecular flexibility index (Phi) is 10.2. The maximum atomic E-state index is 12.2. The molecule has 25 heavy (non-hydrogen) atoms. The number of hydrogen-bond donors (Lipinski definition) is 0. The van der Waals surface area contributed by atoms with Gasteiger partial charge in [0.2, 0.25) is 0 Å². The van der Waals surface area contributed by atoms with Crippen molar-refractivity contribution in [2.24, 2.45) is 0 Å². The molecule has 4 nitrogen and oxygen atoms in total. The normalized spacial score (nSPS) is 14.8. The highest BCUT2D eigenvalue weighted by atomic mass is 127. The molecule has 0 atom stereocenters. The topological polar surface area (TPSA) is 26.8 Å². The molecular weight excluding hydrogens is 615 g/mol.